The normalized spacial score (nSPS) is 11.4. The van der Waals surface area contributed by atoms with Crippen molar-refractivity contribution in [3.05, 3.63) is 58.0 Å². The van der Waals surface area contributed by atoms with Gasteiger partial charge in [0.15, 0.2) is 11.6 Å². The Morgan fingerprint density at radius 3 is 2.63 bits per heavy atom. The van der Waals surface area contributed by atoms with Crippen molar-refractivity contribution in [1.82, 2.24) is 20.2 Å². The zero-order chi connectivity index (χ0) is 21.7. The van der Waals surface area contributed by atoms with Gasteiger partial charge >= 0.3 is 6.18 Å². The summed E-state index contributed by atoms with van der Waals surface area (Å²) in [5.74, 6) is 0.250. The summed E-state index contributed by atoms with van der Waals surface area (Å²) in [6, 6.07) is 7.49. The number of nitrogens with zero attached hydrogens (tertiary/aromatic N) is 3. The van der Waals surface area contributed by atoms with E-state index < -0.39 is 17.6 Å². The summed E-state index contributed by atoms with van der Waals surface area (Å²) in [6.07, 6.45) is -3.98. The van der Waals surface area contributed by atoms with E-state index in [0.717, 1.165) is 11.8 Å². The van der Waals surface area contributed by atoms with Gasteiger partial charge in [0.25, 0.3) is 0 Å². The number of hydrogen-bond acceptors (Lipinski definition) is 6. The van der Waals surface area contributed by atoms with Crippen LogP contribution in [0.1, 0.15) is 11.4 Å². The van der Waals surface area contributed by atoms with Crippen molar-refractivity contribution in [2.45, 2.75) is 17.9 Å². The van der Waals surface area contributed by atoms with Gasteiger partial charge in [0.2, 0.25) is 11.1 Å². The zero-order valence-corrected chi connectivity index (χ0v) is 17.2. The number of halogens is 5. The van der Waals surface area contributed by atoms with Gasteiger partial charge in [-0.1, -0.05) is 35.0 Å². The van der Waals surface area contributed by atoms with Gasteiger partial charge in [0.05, 0.1) is 16.3 Å². The fourth-order valence-electron chi connectivity index (χ4n) is 2.07. The van der Waals surface area contributed by atoms with Gasteiger partial charge in [-0.3, -0.25) is 9.89 Å². The number of aromatic nitrogens is 4. The molecule has 2 N–H and O–H groups in total. The molecule has 2 aromatic heterocycles. The van der Waals surface area contributed by atoms with Crippen LogP contribution >= 0.6 is 35.0 Å². The predicted molar refractivity (Wildman–Crippen MR) is 106 cm³/mol. The number of thioether (sulfide) groups is 1. The van der Waals surface area contributed by atoms with Crippen LogP contribution in [-0.4, -0.2) is 31.8 Å². The van der Waals surface area contributed by atoms with Crippen molar-refractivity contribution in [3.8, 4) is 5.75 Å². The molecule has 0 atom stereocenters. The minimum absolute atomic E-state index is 0.103. The second-order valence-corrected chi connectivity index (χ2v) is 7.48. The highest BCUT2D eigenvalue weighted by molar-refractivity contribution is 7.99. The second kappa shape index (κ2) is 9.54. The standard InChI is InChI=1S/C17H12Cl2F3N5O2S/c18-10-1-3-11(4-2-10)29-7-13-24-16(27-26-13)30-8-14(28)25-15-12(19)5-9(6-23-15)17(20,21)22/h1-6H,7-8H2,(H,23,25,28)(H,24,26,27). The highest BCUT2D eigenvalue weighted by Crippen LogP contribution is 2.32. The molecule has 13 heteroatoms. The Morgan fingerprint density at radius 1 is 1.23 bits per heavy atom. The highest BCUT2D eigenvalue weighted by Gasteiger charge is 2.31. The first kappa shape index (κ1) is 22.2. The van der Waals surface area contributed by atoms with Crippen molar-refractivity contribution in [2.75, 3.05) is 11.1 Å². The monoisotopic (exact) mass is 477 g/mol. The Bertz CT molecular complexity index is 1030. The lowest BCUT2D eigenvalue weighted by Gasteiger charge is -2.09. The predicted octanol–water partition coefficient (Wildman–Crippen LogP) is 4.84. The van der Waals surface area contributed by atoms with E-state index in [9.17, 15) is 18.0 Å². The molecule has 3 rings (SSSR count). The molecule has 0 fully saturated rings. The van der Waals surface area contributed by atoms with E-state index in [4.69, 9.17) is 27.9 Å². The van der Waals surface area contributed by atoms with Crippen LogP contribution in [0.25, 0.3) is 0 Å². The molecular weight excluding hydrogens is 466 g/mol. The summed E-state index contributed by atoms with van der Waals surface area (Å²) in [6.45, 7) is 0.131. The number of hydrogen-bond donors (Lipinski definition) is 2. The van der Waals surface area contributed by atoms with Crippen LogP contribution in [0.4, 0.5) is 19.0 Å². The first-order valence-corrected chi connectivity index (χ1v) is 9.90. The molecule has 158 valence electrons. The zero-order valence-electron chi connectivity index (χ0n) is 14.8. The number of amides is 1. The molecule has 0 aliphatic rings. The Kier molecular flexibility index (Phi) is 7.06. The summed E-state index contributed by atoms with van der Waals surface area (Å²) < 4.78 is 43.4. The fourth-order valence-corrected chi connectivity index (χ4v) is 3.03. The van der Waals surface area contributed by atoms with Crippen LogP contribution in [0, 0.1) is 0 Å². The van der Waals surface area contributed by atoms with E-state index in [1.807, 2.05) is 0 Å². The molecule has 0 spiro atoms. The molecule has 0 saturated carbocycles. The molecule has 0 saturated heterocycles. The number of alkyl halides is 3. The topological polar surface area (TPSA) is 92.8 Å². The molecule has 7 nitrogen and oxygen atoms in total. The number of nitrogens with one attached hydrogen (secondary N) is 2. The smallest absolute Gasteiger partial charge is 0.417 e. The van der Waals surface area contributed by atoms with Crippen LogP contribution in [0.3, 0.4) is 0 Å². The van der Waals surface area contributed by atoms with E-state index in [1.165, 1.54) is 0 Å². The molecule has 2 heterocycles. The number of carbonyl (C=O) groups is 1. The SMILES string of the molecule is O=C(CSc1n[nH]c(COc2ccc(Cl)cc2)n1)Nc1ncc(C(F)(F)F)cc1Cl. The van der Waals surface area contributed by atoms with E-state index in [2.05, 4.69) is 25.5 Å². The van der Waals surface area contributed by atoms with Crippen molar-refractivity contribution in [1.29, 1.82) is 0 Å². The number of benzene rings is 1. The molecule has 1 aromatic carbocycles. The summed E-state index contributed by atoms with van der Waals surface area (Å²) in [4.78, 5) is 19.7. The summed E-state index contributed by atoms with van der Waals surface area (Å²) in [5, 5.41) is 9.56. The quantitative estimate of drug-likeness (QED) is 0.473. The lowest BCUT2D eigenvalue weighted by Crippen LogP contribution is -2.16. The molecule has 0 aliphatic heterocycles. The maximum atomic E-state index is 12.6. The molecule has 3 aromatic rings. The number of anilines is 1. The number of carbonyl (C=O) groups excluding carboxylic acids is 1. The summed E-state index contributed by atoms with van der Waals surface area (Å²) >= 11 is 12.6. The lowest BCUT2D eigenvalue weighted by molar-refractivity contribution is -0.137. The Morgan fingerprint density at radius 2 is 1.97 bits per heavy atom. The van der Waals surface area contributed by atoms with E-state index in [0.29, 0.717) is 34.0 Å². The van der Waals surface area contributed by atoms with Gasteiger partial charge in [-0.15, -0.1) is 5.10 Å². The third kappa shape index (κ3) is 6.25. The van der Waals surface area contributed by atoms with Gasteiger partial charge in [0.1, 0.15) is 12.4 Å². The number of aromatic amines is 1. The van der Waals surface area contributed by atoms with Crippen molar-refractivity contribution in [3.63, 3.8) is 0 Å². The Hall–Kier alpha value is -2.50. The van der Waals surface area contributed by atoms with Crippen LogP contribution in [0.2, 0.25) is 10.0 Å². The van der Waals surface area contributed by atoms with Gasteiger partial charge in [-0.25, -0.2) is 9.97 Å². The summed E-state index contributed by atoms with van der Waals surface area (Å²) in [5.41, 5.74) is -1.01. The fraction of sp³-hybridized carbons (Fsp3) is 0.176. The first-order valence-electron chi connectivity index (χ1n) is 8.16. The summed E-state index contributed by atoms with van der Waals surface area (Å²) in [7, 11) is 0. The largest absolute Gasteiger partial charge is 0.486 e. The third-order valence-corrected chi connectivity index (χ3v) is 4.85. The average Bonchev–Trinajstić information content (AvgIpc) is 3.15. The number of H-pyrrole nitrogens is 1. The van der Waals surface area contributed by atoms with E-state index in [1.54, 1.807) is 24.3 Å². The minimum Gasteiger partial charge on any atom is -0.486 e. The molecule has 1 amide bonds. The molecule has 30 heavy (non-hydrogen) atoms. The lowest BCUT2D eigenvalue weighted by atomic mass is 10.3. The second-order valence-electron chi connectivity index (χ2n) is 5.70. The van der Waals surface area contributed by atoms with Gasteiger partial charge in [-0.05, 0) is 30.3 Å². The average molecular weight is 478 g/mol. The number of ether oxygens (including phenoxy) is 1. The maximum Gasteiger partial charge on any atom is 0.417 e. The highest BCUT2D eigenvalue weighted by atomic mass is 35.5. The van der Waals surface area contributed by atoms with Crippen LogP contribution in [0.15, 0.2) is 41.7 Å². The van der Waals surface area contributed by atoms with Crippen LogP contribution in [0.5, 0.6) is 5.75 Å². The number of rotatable bonds is 7. The Labute approximate surface area is 182 Å². The van der Waals surface area contributed by atoms with Gasteiger partial charge in [0, 0.05) is 11.2 Å². The molecule has 0 unspecified atom stereocenters. The van der Waals surface area contributed by atoms with Crippen LogP contribution < -0.4 is 10.1 Å². The van der Waals surface area contributed by atoms with Gasteiger partial charge < -0.3 is 10.1 Å². The van der Waals surface area contributed by atoms with Crippen molar-refractivity contribution < 1.29 is 22.7 Å². The molecular formula is C17H12Cl2F3N5O2S. The van der Waals surface area contributed by atoms with E-state index in [-0.39, 0.29) is 23.2 Å². The minimum atomic E-state index is -4.57. The molecule has 0 bridgehead atoms. The molecule has 0 radical (unpaired) electrons. The third-order valence-electron chi connectivity index (χ3n) is 3.46. The van der Waals surface area contributed by atoms with Gasteiger partial charge in [-0.2, -0.15) is 13.2 Å². The van der Waals surface area contributed by atoms with Crippen LogP contribution in [-0.2, 0) is 17.6 Å². The Balaban J connectivity index is 1.49. The van der Waals surface area contributed by atoms with Crippen molar-refractivity contribution >= 4 is 46.7 Å². The molecule has 0 aliphatic carbocycles. The number of pyridine rings is 1. The first-order chi connectivity index (χ1) is 14.2. The van der Waals surface area contributed by atoms with Crippen molar-refractivity contribution in [2.24, 2.45) is 0 Å². The van der Waals surface area contributed by atoms with E-state index >= 15 is 0 Å². The maximum absolute atomic E-state index is 12.6.